The summed E-state index contributed by atoms with van der Waals surface area (Å²) in [6.07, 6.45) is 1.65. The Morgan fingerprint density at radius 3 is 2.48 bits per heavy atom. The number of hydrogen-bond donors (Lipinski definition) is 2. The van der Waals surface area contributed by atoms with E-state index in [2.05, 4.69) is 20.0 Å². The summed E-state index contributed by atoms with van der Waals surface area (Å²) in [5.41, 5.74) is 1.55. The Morgan fingerprint density at radius 1 is 1.17 bits per heavy atom. The van der Waals surface area contributed by atoms with E-state index in [4.69, 9.17) is 0 Å². The zero-order valence-corrected chi connectivity index (χ0v) is 14.4. The van der Waals surface area contributed by atoms with Crippen LogP contribution in [-0.4, -0.2) is 27.2 Å². The number of pyridine rings is 1. The lowest BCUT2D eigenvalue weighted by molar-refractivity contribution is -0.118. The summed E-state index contributed by atoms with van der Waals surface area (Å²) in [4.78, 5) is 29.1. The van der Waals surface area contributed by atoms with Crippen LogP contribution in [0.4, 0.5) is 5.69 Å². The number of carbonyl (C=O) groups excluding carboxylic acids is 2. The molecule has 2 heterocycles. The van der Waals surface area contributed by atoms with Gasteiger partial charge in [0.2, 0.25) is 5.91 Å². The Balaban J connectivity index is 2.45. The Hall–Kier alpha value is -2.28. The average molecular weight is 332 g/mol. The first-order valence-electron chi connectivity index (χ1n) is 7.43. The van der Waals surface area contributed by atoms with Crippen molar-refractivity contribution in [3.63, 3.8) is 0 Å². The number of rotatable bonds is 5. The number of aromatic nitrogens is 2. The predicted molar refractivity (Wildman–Crippen MR) is 91.4 cm³/mol. The number of anilines is 1. The topological polar surface area (TPSA) is 84.0 Å². The van der Waals surface area contributed by atoms with Gasteiger partial charge in [-0.3, -0.25) is 14.6 Å². The molecular weight excluding hydrogens is 312 g/mol. The molecule has 0 unspecified atom stereocenters. The Bertz CT molecular complexity index is 695. The van der Waals surface area contributed by atoms with Crippen molar-refractivity contribution < 1.29 is 9.59 Å². The van der Waals surface area contributed by atoms with Crippen LogP contribution in [0, 0.1) is 5.92 Å². The maximum atomic E-state index is 12.4. The molecule has 0 aliphatic rings. The minimum atomic E-state index is -0.251. The van der Waals surface area contributed by atoms with Crippen LogP contribution in [0.5, 0.6) is 0 Å². The van der Waals surface area contributed by atoms with Crippen molar-refractivity contribution in [1.29, 1.82) is 0 Å². The first-order valence-corrected chi connectivity index (χ1v) is 8.20. The zero-order chi connectivity index (χ0) is 17.0. The van der Waals surface area contributed by atoms with E-state index in [0.717, 1.165) is 11.5 Å². The molecule has 23 heavy (non-hydrogen) atoms. The van der Waals surface area contributed by atoms with Gasteiger partial charge in [0.1, 0.15) is 10.6 Å². The molecular formula is C16H20N4O2S. The van der Waals surface area contributed by atoms with Gasteiger partial charge in [-0.1, -0.05) is 19.9 Å². The van der Waals surface area contributed by atoms with Crippen LogP contribution in [0.2, 0.25) is 0 Å². The predicted octanol–water partition coefficient (Wildman–Crippen LogP) is 2.94. The first kappa shape index (κ1) is 17.1. The standard InChI is InChI=1S/C16H20N4O2S/c1-9(2)15(21)19-13-12(11-7-5-6-8-17-11)20-23-14(13)16(22)18-10(3)4/h5-10H,1-4H3,(H,18,22)(H,19,21). The second-order valence-corrected chi connectivity index (χ2v) is 6.50. The summed E-state index contributed by atoms with van der Waals surface area (Å²) < 4.78 is 4.33. The molecule has 0 saturated carbocycles. The molecule has 2 aromatic heterocycles. The highest BCUT2D eigenvalue weighted by molar-refractivity contribution is 7.09. The van der Waals surface area contributed by atoms with Crippen LogP contribution < -0.4 is 10.6 Å². The van der Waals surface area contributed by atoms with E-state index in [1.807, 2.05) is 19.9 Å². The van der Waals surface area contributed by atoms with E-state index in [1.165, 1.54) is 0 Å². The van der Waals surface area contributed by atoms with Gasteiger partial charge in [0.15, 0.2) is 0 Å². The second kappa shape index (κ2) is 7.32. The third-order valence-corrected chi connectivity index (χ3v) is 3.84. The third kappa shape index (κ3) is 4.13. The molecule has 0 fully saturated rings. The molecule has 0 saturated heterocycles. The number of hydrogen-bond acceptors (Lipinski definition) is 5. The Labute approximate surface area is 139 Å². The first-order chi connectivity index (χ1) is 10.9. The molecule has 2 amide bonds. The van der Waals surface area contributed by atoms with Crippen molar-refractivity contribution in [2.45, 2.75) is 33.7 Å². The highest BCUT2D eigenvalue weighted by Crippen LogP contribution is 2.32. The van der Waals surface area contributed by atoms with Crippen LogP contribution in [-0.2, 0) is 4.79 Å². The molecule has 0 bridgehead atoms. The van der Waals surface area contributed by atoms with E-state index >= 15 is 0 Å². The monoisotopic (exact) mass is 332 g/mol. The van der Waals surface area contributed by atoms with Gasteiger partial charge >= 0.3 is 0 Å². The SMILES string of the molecule is CC(C)NC(=O)c1snc(-c2ccccn2)c1NC(=O)C(C)C. The number of amides is 2. The van der Waals surface area contributed by atoms with Crippen molar-refractivity contribution in [3.05, 3.63) is 29.3 Å². The molecule has 0 atom stereocenters. The average Bonchev–Trinajstić information content (AvgIpc) is 2.91. The smallest absolute Gasteiger partial charge is 0.265 e. The van der Waals surface area contributed by atoms with Gasteiger partial charge in [-0.15, -0.1) is 0 Å². The largest absolute Gasteiger partial charge is 0.349 e. The minimum Gasteiger partial charge on any atom is -0.349 e. The van der Waals surface area contributed by atoms with Crippen LogP contribution >= 0.6 is 11.5 Å². The molecule has 2 rings (SSSR count). The maximum absolute atomic E-state index is 12.4. The summed E-state index contributed by atoms with van der Waals surface area (Å²) in [5.74, 6) is -0.618. The molecule has 0 aliphatic carbocycles. The second-order valence-electron chi connectivity index (χ2n) is 5.72. The summed E-state index contributed by atoms with van der Waals surface area (Å²) in [6.45, 7) is 7.35. The van der Waals surface area contributed by atoms with E-state index < -0.39 is 0 Å². The van der Waals surface area contributed by atoms with Crippen LogP contribution in [0.25, 0.3) is 11.4 Å². The van der Waals surface area contributed by atoms with Gasteiger partial charge < -0.3 is 10.6 Å². The summed E-state index contributed by atoms with van der Waals surface area (Å²) in [5, 5.41) is 5.65. The molecule has 7 heteroatoms. The van der Waals surface area contributed by atoms with Gasteiger partial charge in [0.05, 0.1) is 11.4 Å². The molecule has 2 aromatic rings. The van der Waals surface area contributed by atoms with Crippen LogP contribution in [0.1, 0.15) is 37.4 Å². The Kier molecular flexibility index (Phi) is 5.44. The summed E-state index contributed by atoms with van der Waals surface area (Å²) in [7, 11) is 0. The van der Waals surface area contributed by atoms with E-state index in [-0.39, 0.29) is 23.8 Å². The zero-order valence-electron chi connectivity index (χ0n) is 13.6. The molecule has 122 valence electrons. The van der Waals surface area contributed by atoms with Crippen molar-refractivity contribution >= 4 is 29.0 Å². The highest BCUT2D eigenvalue weighted by Gasteiger charge is 2.24. The summed E-state index contributed by atoms with van der Waals surface area (Å²) >= 11 is 1.06. The van der Waals surface area contributed by atoms with Crippen molar-refractivity contribution in [3.8, 4) is 11.4 Å². The molecule has 2 N–H and O–H groups in total. The van der Waals surface area contributed by atoms with Crippen molar-refractivity contribution in [2.75, 3.05) is 5.32 Å². The lowest BCUT2D eigenvalue weighted by atomic mass is 10.1. The van der Waals surface area contributed by atoms with Gasteiger partial charge in [-0.25, -0.2) is 0 Å². The molecule has 0 aliphatic heterocycles. The van der Waals surface area contributed by atoms with Crippen LogP contribution in [0.15, 0.2) is 24.4 Å². The Morgan fingerprint density at radius 2 is 1.91 bits per heavy atom. The quantitative estimate of drug-likeness (QED) is 0.882. The lowest BCUT2D eigenvalue weighted by Gasteiger charge is -2.11. The molecule has 0 radical (unpaired) electrons. The fraction of sp³-hybridized carbons (Fsp3) is 0.375. The molecule has 0 aromatic carbocycles. The normalized spacial score (nSPS) is 10.9. The molecule has 0 spiro atoms. The number of carbonyl (C=O) groups is 2. The minimum absolute atomic E-state index is 0.00319. The maximum Gasteiger partial charge on any atom is 0.265 e. The van der Waals surface area contributed by atoms with E-state index in [0.29, 0.717) is 22.0 Å². The summed E-state index contributed by atoms with van der Waals surface area (Å²) in [6, 6.07) is 5.43. The van der Waals surface area contributed by atoms with E-state index in [9.17, 15) is 9.59 Å². The van der Waals surface area contributed by atoms with Crippen molar-refractivity contribution in [1.82, 2.24) is 14.7 Å². The lowest BCUT2D eigenvalue weighted by Crippen LogP contribution is -2.30. The van der Waals surface area contributed by atoms with Crippen LogP contribution in [0.3, 0.4) is 0 Å². The third-order valence-electron chi connectivity index (χ3n) is 3.00. The fourth-order valence-corrected chi connectivity index (χ4v) is 2.58. The van der Waals surface area contributed by atoms with Gasteiger partial charge in [-0.05, 0) is 37.5 Å². The highest BCUT2D eigenvalue weighted by atomic mass is 32.1. The fourth-order valence-electron chi connectivity index (χ4n) is 1.83. The number of nitrogens with one attached hydrogen (secondary N) is 2. The number of nitrogens with zero attached hydrogens (tertiary/aromatic N) is 2. The van der Waals surface area contributed by atoms with Gasteiger partial charge in [0.25, 0.3) is 5.91 Å². The van der Waals surface area contributed by atoms with E-state index in [1.54, 1.807) is 32.2 Å². The van der Waals surface area contributed by atoms with Crippen molar-refractivity contribution in [2.24, 2.45) is 5.92 Å². The van der Waals surface area contributed by atoms with Gasteiger partial charge in [0, 0.05) is 18.2 Å². The molecule has 6 nitrogen and oxygen atoms in total. The van der Waals surface area contributed by atoms with Gasteiger partial charge in [-0.2, -0.15) is 4.37 Å².